The van der Waals surface area contributed by atoms with E-state index in [4.69, 9.17) is 4.74 Å². The van der Waals surface area contributed by atoms with Crippen LogP contribution >= 0.6 is 0 Å². The maximum Gasteiger partial charge on any atom is 0.265 e. The summed E-state index contributed by atoms with van der Waals surface area (Å²) in [5, 5.41) is 12.5. The summed E-state index contributed by atoms with van der Waals surface area (Å²) in [6.07, 6.45) is 1.71. The summed E-state index contributed by atoms with van der Waals surface area (Å²) in [5.74, 6) is 0.302. The van der Waals surface area contributed by atoms with E-state index in [1.807, 2.05) is 38.1 Å². The molecule has 2 heterocycles. The van der Waals surface area contributed by atoms with Crippen LogP contribution in [0.15, 0.2) is 48.5 Å². The number of fused-ring (bicyclic) bond motifs is 1. The molecule has 2 aromatic carbocycles. The van der Waals surface area contributed by atoms with Crippen LogP contribution in [0.25, 0.3) is 0 Å². The first-order valence-corrected chi connectivity index (χ1v) is 10.2. The molecule has 0 aliphatic carbocycles. The van der Waals surface area contributed by atoms with Crippen molar-refractivity contribution in [2.24, 2.45) is 5.41 Å². The van der Waals surface area contributed by atoms with Gasteiger partial charge in [-0.15, -0.1) is 0 Å². The van der Waals surface area contributed by atoms with Gasteiger partial charge in [0.1, 0.15) is 11.8 Å². The molecule has 2 atom stereocenters. The molecule has 2 aliphatic heterocycles. The molecule has 6 nitrogen and oxygen atoms in total. The summed E-state index contributed by atoms with van der Waals surface area (Å²) in [7, 11) is 0. The number of nitriles is 1. The van der Waals surface area contributed by atoms with Gasteiger partial charge in [0.05, 0.1) is 6.07 Å². The number of anilines is 1. The van der Waals surface area contributed by atoms with E-state index in [1.165, 1.54) is 0 Å². The molecule has 1 saturated heterocycles. The van der Waals surface area contributed by atoms with E-state index in [0.717, 1.165) is 24.2 Å². The zero-order valence-electron chi connectivity index (χ0n) is 17.2. The predicted octanol–water partition coefficient (Wildman–Crippen LogP) is 3.78. The third-order valence-corrected chi connectivity index (χ3v) is 5.97. The third kappa shape index (κ3) is 3.76. The fraction of sp³-hybridized carbons (Fsp3) is 0.375. The molecule has 0 spiro atoms. The largest absolute Gasteiger partial charge is 0.480 e. The van der Waals surface area contributed by atoms with E-state index in [2.05, 4.69) is 11.4 Å². The molecular weight excluding hydrogens is 378 g/mol. The molecule has 154 valence electrons. The number of nitrogens with one attached hydrogen (secondary N) is 1. The van der Waals surface area contributed by atoms with Gasteiger partial charge in [0.25, 0.3) is 11.8 Å². The molecule has 0 radical (unpaired) electrons. The molecular formula is C24H25N3O3. The van der Waals surface area contributed by atoms with E-state index in [9.17, 15) is 14.9 Å². The van der Waals surface area contributed by atoms with Gasteiger partial charge in [-0.25, -0.2) is 0 Å². The highest BCUT2D eigenvalue weighted by atomic mass is 16.5. The molecule has 1 N–H and O–H groups in total. The van der Waals surface area contributed by atoms with Crippen molar-refractivity contribution in [1.82, 2.24) is 4.90 Å². The first kappa shape index (κ1) is 20.0. The minimum Gasteiger partial charge on any atom is -0.480 e. The minimum atomic E-state index is -0.590. The summed E-state index contributed by atoms with van der Waals surface area (Å²) < 4.78 is 5.74. The number of hydrogen-bond donors (Lipinski definition) is 1. The highest BCUT2D eigenvalue weighted by Gasteiger charge is 2.40. The van der Waals surface area contributed by atoms with Gasteiger partial charge in [-0.05, 0) is 48.1 Å². The van der Waals surface area contributed by atoms with Crippen LogP contribution in [0.3, 0.4) is 0 Å². The van der Waals surface area contributed by atoms with E-state index in [1.54, 1.807) is 29.2 Å². The number of benzene rings is 2. The molecule has 6 heteroatoms. The Morgan fingerprint density at radius 3 is 2.77 bits per heavy atom. The van der Waals surface area contributed by atoms with Gasteiger partial charge in [-0.3, -0.25) is 9.59 Å². The highest BCUT2D eigenvalue weighted by molar-refractivity contribution is 5.99. The summed E-state index contributed by atoms with van der Waals surface area (Å²) in [5.41, 5.74) is 1.76. The van der Waals surface area contributed by atoms with Crippen LogP contribution in [0, 0.1) is 16.7 Å². The summed E-state index contributed by atoms with van der Waals surface area (Å²) in [6, 6.07) is 16.3. The Hall–Kier alpha value is -3.33. The van der Waals surface area contributed by atoms with Crippen LogP contribution in [0.5, 0.6) is 5.75 Å². The number of piperidine rings is 1. The Balaban J connectivity index is 1.47. The molecule has 0 unspecified atom stereocenters. The SMILES string of the molecule is CC1(C)CCCN(C(=O)c2cccc(NC(=O)[C@H]3Cc4ccccc4O3)c2)[C@@H]1C#N. The predicted molar refractivity (Wildman–Crippen MR) is 113 cm³/mol. The van der Waals surface area contributed by atoms with Gasteiger partial charge in [0.15, 0.2) is 6.10 Å². The number of likely N-dealkylation sites (tertiary alicyclic amines) is 1. The van der Waals surface area contributed by atoms with Crippen LogP contribution in [0.2, 0.25) is 0 Å². The van der Waals surface area contributed by atoms with Crippen molar-refractivity contribution in [3.8, 4) is 11.8 Å². The number of amides is 2. The summed E-state index contributed by atoms with van der Waals surface area (Å²) in [4.78, 5) is 27.5. The van der Waals surface area contributed by atoms with Crippen LogP contribution < -0.4 is 10.1 Å². The van der Waals surface area contributed by atoms with Gasteiger partial charge >= 0.3 is 0 Å². The Morgan fingerprint density at radius 2 is 2.00 bits per heavy atom. The fourth-order valence-corrected chi connectivity index (χ4v) is 4.30. The first-order chi connectivity index (χ1) is 14.4. The van der Waals surface area contributed by atoms with Gasteiger partial charge in [0, 0.05) is 24.2 Å². The van der Waals surface area contributed by atoms with Crippen molar-refractivity contribution in [1.29, 1.82) is 5.26 Å². The van der Waals surface area contributed by atoms with Crippen molar-refractivity contribution in [2.45, 2.75) is 45.3 Å². The third-order valence-electron chi connectivity index (χ3n) is 5.97. The van der Waals surface area contributed by atoms with E-state index in [-0.39, 0.29) is 17.2 Å². The molecule has 0 bridgehead atoms. The number of nitrogens with zero attached hydrogens (tertiary/aromatic N) is 2. The van der Waals surface area contributed by atoms with Crippen LogP contribution in [0.1, 0.15) is 42.6 Å². The Labute approximate surface area is 176 Å². The molecule has 0 aromatic heterocycles. The second-order valence-electron chi connectivity index (χ2n) is 8.61. The molecule has 1 fully saturated rings. The molecule has 30 heavy (non-hydrogen) atoms. The normalized spacial score (nSPS) is 21.8. The molecule has 2 amide bonds. The smallest absolute Gasteiger partial charge is 0.265 e. The number of carbonyl (C=O) groups is 2. The zero-order chi connectivity index (χ0) is 21.3. The lowest BCUT2D eigenvalue weighted by Crippen LogP contribution is -2.51. The average molecular weight is 403 g/mol. The van der Waals surface area contributed by atoms with Gasteiger partial charge < -0.3 is 15.0 Å². The zero-order valence-corrected chi connectivity index (χ0v) is 17.2. The van der Waals surface area contributed by atoms with Crippen molar-refractivity contribution in [2.75, 3.05) is 11.9 Å². The minimum absolute atomic E-state index is 0.185. The Bertz CT molecular complexity index is 999. The van der Waals surface area contributed by atoms with E-state index >= 15 is 0 Å². The number of hydrogen-bond acceptors (Lipinski definition) is 4. The van der Waals surface area contributed by atoms with Gasteiger partial charge in [0.2, 0.25) is 0 Å². The van der Waals surface area contributed by atoms with E-state index < -0.39 is 12.1 Å². The van der Waals surface area contributed by atoms with Crippen LogP contribution in [-0.2, 0) is 11.2 Å². The molecule has 0 saturated carbocycles. The Morgan fingerprint density at radius 1 is 1.20 bits per heavy atom. The van der Waals surface area contributed by atoms with Crippen molar-refractivity contribution >= 4 is 17.5 Å². The van der Waals surface area contributed by atoms with Crippen molar-refractivity contribution in [3.05, 3.63) is 59.7 Å². The maximum absolute atomic E-state index is 13.1. The Kier molecular flexibility index (Phi) is 5.21. The number of ether oxygens (including phenoxy) is 1. The average Bonchev–Trinajstić information content (AvgIpc) is 3.17. The lowest BCUT2D eigenvalue weighted by molar-refractivity contribution is -0.122. The summed E-state index contributed by atoms with van der Waals surface area (Å²) in [6.45, 7) is 4.61. The number of para-hydroxylation sites is 1. The first-order valence-electron chi connectivity index (χ1n) is 10.2. The molecule has 4 rings (SSSR count). The summed E-state index contributed by atoms with van der Waals surface area (Å²) >= 11 is 0. The fourth-order valence-electron chi connectivity index (χ4n) is 4.30. The van der Waals surface area contributed by atoms with Crippen LogP contribution in [-0.4, -0.2) is 35.4 Å². The quantitative estimate of drug-likeness (QED) is 0.845. The van der Waals surface area contributed by atoms with Crippen molar-refractivity contribution in [3.63, 3.8) is 0 Å². The monoisotopic (exact) mass is 403 g/mol. The van der Waals surface area contributed by atoms with Crippen LogP contribution in [0.4, 0.5) is 5.69 Å². The lowest BCUT2D eigenvalue weighted by Gasteiger charge is -2.42. The van der Waals surface area contributed by atoms with E-state index in [0.29, 0.717) is 24.2 Å². The van der Waals surface area contributed by atoms with Gasteiger partial charge in [-0.2, -0.15) is 5.26 Å². The number of rotatable bonds is 3. The van der Waals surface area contributed by atoms with Crippen molar-refractivity contribution < 1.29 is 14.3 Å². The molecule has 2 aliphatic rings. The molecule has 2 aromatic rings. The van der Waals surface area contributed by atoms with Gasteiger partial charge in [-0.1, -0.05) is 38.1 Å². The number of carbonyl (C=O) groups excluding carboxylic acids is 2. The highest BCUT2D eigenvalue weighted by Crippen LogP contribution is 2.35. The topological polar surface area (TPSA) is 82.4 Å². The second-order valence-corrected chi connectivity index (χ2v) is 8.61. The lowest BCUT2D eigenvalue weighted by atomic mass is 9.77. The standard InChI is InChI=1S/C24H25N3O3/c1-24(2)11-6-12-27(21(24)15-25)23(29)17-8-5-9-18(13-17)26-22(28)20-14-16-7-3-4-10-19(16)30-20/h3-5,7-10,13,20-21H,6,11-12,14H2,1-2H3,(H,26,28)/t20-,21-/m1/s1. The maximum atomic E-state index is 13.1. The second kappa shape index (κ2) is 7.83.